The van der Waals surface area contributed by atoms with Crippen LogP contribution in [0.2, 0.25) is 0 Å². The summed E-state index contributed by atoms with van der Waals surface area (Å²) < 4.78 is 10.6. The van der Waals surface area contributed by atoms with Gasteiger partial charge in [-0.05, 0) is 41.6 Å². The molecule has 3 amide bonds. The summed E-state index contributed by atoms with van der Waals surface area (Å²) in [5.41, 5.74) is 1.55. The van der Waals surface area contributed by atoms with Crippen LogP contribution in [0.4, 0.5) is 4.79 Å². The number of aromatic nitrogens is 2. The van der Waals surface area contributed by atoms with Gasteiger partial charge in [0, 0.05) is 18.5 Å². The number of fused-ring (bicyclic) bond motifs is 2. The minimum absolute atomic E-state index is 0.0932. The molecule has 2 aromatic carbocycles. The van der Waals surface area contributed by atoms with Crippen molar-refractivity contribution in [1.82, 2.24) is 20.2 Å². The van der Waals surface area contributed by atoms with Crippen LogP contribution < -0.4 is 14.8 Å². The fraction of sp³-hybridized carbons (Fsp3) is 0.174. The van der Waals surface area contributed by atoms with E-state index in [1.807, 2.05) is 24.3 Å². The van der Waals surface area contributed by atoms with E-state index >= 15 is 0 Å². The number of para-hydroxylation sites is 1. The largest absolute Gasteiger partial charge is 0.454 e. The minimum atomic E-state index is -0.385. The van der Waals surface area contributed by atoms with E-state index in [1.165, 1.54) is 18.1 Å². The summed E-state index contributed by atoms with van der Waals surface area (Å²) in [5, 5.41) is 3.99. The Kier molecular flexibility index (Phi) is 6.37. The van der Waals surface area contributed by atoms with Crippen molar-refractivity contribution >= 4 is 57.6 Å². The number of thioether (sulfide) groups is 2. The molecule has 0 saturated carbocycles. The SMILES string of the molecule is O=C(CSc1ncnc2ccccc12)NCCN1C(=O)S/C(=C/c2ccc3c(c2)OCO3)C1=O. The van der Waals surface area contributed by atoms with Gasteiger partial charge in [0.2, 0.25) is 12.7 Å². The Morgan fingerprint density at radius 2 is 2.00 bits per heavy atom. The molecule has 3 heterocycles. The van der Waals surface area contributed by atoms with Gasteiger partial charge in [-0.1, -0.05) is 36.0 Å². The molecule has 1 N–H and O–H groups in total. The number of ether oxygens (including phenoxy) is 2. The van der Waals surface area contributed by atoms with Crippen LogP contribution >= 0.6 is 23.5 Å². The van der Waals surface area contributed by atoms with Gasteiger partial charge in [-0.3, -0.25) is 19.3 Å². The number of benzene rings is 2. The number of nitrogens with zero attached hydrogens (tertiary/aromatic N) is 3. The number of amides is 3. The highest BCUT2D eigenvalue weighted by Crippen LogP contribution is 2.36. The maximum atomic E-state index is 12.7. The van der Waals surface area contributed by atoms with Crippen molar-refractivity contribution in [3.63, 3.8) is 0 Å². The Morgan fingerprint density at radius 3 is 2.91 bits per heavy atom. The van der Waals surface area contributed by atoms with Crippen molar-refractivity contribution in [2.75, 3.05) is 25.6 Å². The molecule has 5 rings (SSSR count). The van der Waals surface area contributed by atoms with Crippen LogP contribution in [-0.4, -0.2) is 57.6 Å². The van der Waals surface area contributed by atoms with E-state index in [2.05, 4.69) is 15.3 Å². The molecule has 0 radical (unpaired) electrons. The molecule has 9 nitrogen and oxygen atoms in total. The monoisotopic (exact) mass is 494 g/mol. The number of carbonyl (C=O) groups excluding carboxylic acids is 3. The van der Waals surface area contributed by atoms with E-state index in [0.717, 1.165) is 38.2 Å². The molecular weight excluding hydrogens is 476 g/mol. The van der Waals surface area contributed by atoms with Crippen molar-refractivity contribution in [2.24, 2.45) is 0 Å². The molecule has 34 heavy (non-hydrogen) atoms. The second-order valence-electron chi connectivity index (χ2n) is 7.28. The van der Waals surface area contributed by atoms with Crippen LogP contribution in [0, 0.1) is 0 Å². The first kappa shape index (κ1) is 22.2. The van der Waals surface area contributed by atoms with Crippen molar-refractivity contribution < 1.29 is 23.9 Å². The first-order chi connectivity index (χ1) is 16.6. The van der Waals surface area contributed by atoms with E-state index in [4.69, 9.17) is 9.47 Å². The molecule has 0 bridgehead atoms. The van der Waals surface area contributed by atoms with Crippen molar-refractivity contribution in [2.45, 2.75) is 5.03 Å². The topological polar surface area (TPSA) is 111 Å². The molecule has 2 aliphatic heterocycles. The molecule has 172 valence electrons. The van der Waals surface area contributed by atoms with E-state index in [1.54, 1.807) is 24.3 Å². The van der Waals surface area contributed by atoms with Crippen molar-refractivity contribution in [3.05, 3.63) is 59.3 Å². The quantitative estimate of drug-likeness (QED) is 0.300. The van der Waals surface area contributed by atoms with Crippen LogP contribution in [-0.2, 0) is 9.59 Å². The molecule has 1 aromatic heterocycles. The summed E-state index contributed by atoms with van der Waals surface area (Å²) in [4.78, 5) is 47.2. The van der Waals surface area contributed by atoms with Crippen molar-refractivity contribution in [3.8, 4) is 11.5 Å². The van der Waals surface area contributed by atoms with E-state index < -0.39 is 0 Å². The molecule has 0 spiro atoms. The van der Waals surface area contributed by atoms with Gasteiger partial charge < -0.3 is 14.8 Å². The van der Waals surface area contributed by atoms with Crippen molar-refractivity contribution in [1.29, 1.82) is 0 Å². The number of hydrogen-bond donors (Lipinski definition) is 1. The van der Waals surface area contributed by atoms with Crippen LogP contribution in [0.15, 0.2) is 58.7 Å². The minimum Gasteiger partial charge on any atom is -0.454 e. The first-order valence-corrected chi connectivity index (χ1v) is 12.1. The third-order valence-corrected chi connectivity index (χ3v) is 6.98. The molecule has 0 atom stereocenters. The van der Waals surface area contributed by atoms with Gasteiger partial charge in [-0.2, -0.15) is 0 Å². The Bertz CT molecular complexity index is 1320. The van der Waals surface area contributed by atoms with E-state index in [9.17, 15) is 14.4 Å². The summed E-state index contributed by atoms with van der Waals surface area (Å²) in [6.07, 6.45) is 3.12. The third-order valence-electron chi connectivity index (χ3n) is 5.07. The second-order valence-corrected chi connectivity index (χ2v) is 9.24. The summed E-state index contributed by atoms with van der Waals surface area (Å²) in [6, 6.07) is 12.9. The van der Waals surface area contributed by atoms with Gasteiger partial charge in [0.15, 0.2) is 11.5 Å². The van der Waals surface area contributed by atoms with Crippen LogP contribution in [0.3, 0.4) is 0 Å². The Morgan fingerprint density at radius 1 is 1.15 bits per heavy atom. The highest BCUT2D eigenvalue weighted by molar-refractivity contribution is 8.18. The van der Waals surface area contributed by atoms with Gasteiger partial charge in [-0.15, -0.1) is 0 Å². The lowest BCUT2D eigenvalue weighted by atomic mass is 10.2. The number of rotatable bonds is 7. The molecular formula is C23H18N4O5S2. The molecule has 0 unspecified atom stereocenters. The first-order valence-electron chi connectivity index (χ1n) is 10.3. The number of imide groups is 1. The summed E-state index contributed by atoms with van der Waals surface area (Å²) in [6.45, 7) is 0.421. The smallest absolute Gasteiger partial charge is 0.293 e. The lowest BCUT2D eigenvalue weighted by molar-refractivity contribution is -0.123. The van der Waals surface area contributed by atoms with Crippen LogP contribution in [0.25, 0.3) is 17.0 Å². The summed E-state index contributed by atoms with van der Waals surface area (Å²) >= 11 is 2.18. The Labute approximate surface area is 202 Å². The summed E-state index contributed by atoms with van der Waals surface area (Å²) in [7, 11) is 0. The van der Waals surface area contributed by atoms with Crippen LogP contribution in [0.1, 0.15) is 5.56 Å². The van der Waals surface area contributed by atoms with Crippen LogP contribution in [0.5, 0.6) is 11.5 Å². The standard InChI is InChI=1S/C23H18N4O5S2/c28-20(11-33-21-15-3-1-2-4-16(15)25-12-26-21)24-7-8-27-22(29)19(34-23(27)30)10-14-5-6-17-18(9-14)32-13-31-17/h1-6,9-10,12H,7-8,11,13H2,(H,24,28)/b19-10+. The zero-order valence-corrected chi connectivity index (χ0v) is 19.4. The van der Waals surface area contributed by atoms with E-state index in [0.29, 0.717) is 16.4 Å². The van der Waals surface area contributed by atoms with Gasteiger partial charge in [0.25, 0.3) is 11.1 Å². The lowest BCUT2D eigenvalue weighted by Gasteiger charge is -2.13. The average Bonchev–Trinajstić information content (AvgIpc) is 3.42. The summed E-state index contributed by atoms with van der Waals surface area (Å²) in [5.74, 6) is 0.808. The van der Waals surface area contributed by atoms with Gasteiger partial charge in [0.1, 0.15) is 11.4 Å². The molecule has 3 aromatic rings. The lowest BCUT2D eigenvalue weighted by Crippen LogP contribution is -2.37. The maximum Gasteiger partial charge on any atom is 0.293 e. The fourth-order valence-electron chi connectivity index (χ4n) is 3.43. The van der Waals surface area contributed by atoms with Gasteiger partial charge >= 0.3 is 0 Å². The highest BCUT2D eigenvalue weighted by Gasteiger charge is 2.34. The predicted octanol–water partition coefficient (Wildman–Crippen LogP) is 3.30. The molecule has 0 aliphatic carbocycles. The number of nitrogens with one attached hydrogen (secondary N) is 1. The van der Waals surface area contributed by atoms with E-state index in [-0.39, 0.29) is 42.7 Å². The van der Waals surface area contributed by atoms with Gasteiger partial charge in [0.05, 0.1) is 16.2 Å². The molecule has 1 saturated heterocycles. The zero-order valence-electron chi connectivity index (χ0n) is 17.7. The molecule has 11 heteroatoms. The number of carbonyl (C=O) groups is 3. The second kappa shape index (κ2) is 9.74. The normalized spacial score (nSPS) is 16.0. The predicted molar refractivity (Wildman–Crippen MR) is 129 cm³/mol. The third kappa shape index (κ3) is 4.70. The Balaban J connectivity index is 1.13. The molecule has 2 aliphatic rings. The maximum absolute atomic E-state index is 12.7. The zero-order chi connectivity index (χ0) is 23.5. The average molecular weight is 495 g/mol. The van der Waals surface area contributed by atoms with Gasteiger partial charge in [-0.25, -0.2) is 9.97 Å². The fourth-order valence-corrected chi connectivity index (χ4v) is 5.12. The Hall–Kier alpha value is -3.57. The highest BCUT2D eigenvalue weighted by atomic mass is 32.2. The molecule has 1 fully saturated rings. The number of hydrogen-bond acceptors (Lipinski definition) is 9.